The van der Waals surface area contributed by atoms with Gasteiger partial charge in [0.1, 0.15) is 0 Å². The SMILES string of the molecule is C.CC.CC.CCC(CC)c1ccccc1-c1ccc(CCc2ccccc2)cc1.Cc1ccccc1.Nc1ncc(-c2ccccc2)cn1. The van der Waals surface area contributed by atoms with E-state index in [1.807, 2.05) is 76.2 Å². The molecule has 0 amide bonds. The van der Waals surface area contributed by atoms with E-state index in [0.29, 0.717) is 11.9 Å². The standard InChI is InChI=1S/C25H28.C10H9N3.C7H8.2C2H6.CH4/c1-3-22(4-2)24-12-8-9-13-25(24)23-18-16-21(17-19-23)15-14-20-10-6-5-7-11-20;11-10-12-6-9(7-13-10)8-4-2-1-3-5-8;1-7-5-3-2-4-6-7;2*1-2;/h5-13,16-19,22H,3-4,14-15H2,1-2H3;1-7H,(H2,11,12,13);2-6H,1H3;2*1-2H3;1H4. The summed E-state index contributed by atoms with van der Waals surface area (Å²) in [6, 6.07) is 49.0. The van der Waals surface area contributed by atoms with Crippen LogP contribution in [-0.4, -0.2) is 9.97 Å². The van der Waals surface area contributed by atoms with E-state index >= 15 is 0 Å². The zero-order chi connectivity index (χ0) is 35.7. The molecule has 5 aromatic carbocycles. The third-order valence-electron chi connectivity index (χ3n) is 7.92. The zero-order valence-corrected chi connectivity index (χ0v) is 30.8. The summed E-state index contributed by atoms with van der Waals surface area (Å²) < 4.78 is 0. The molecule has 0 radical (unpaired) electrons. The fourth-order valence-electron chi connectivity index (χ4n) is 5.28. The molecule has 6 rings (SSSR count). The van der Waals surface area contributed by atoms with Crippen LogP contribution in [0.15, 0.2) is 152 Å². The first-order valence-corrected chi connectivity index (χ1v) is 17.9. The molecule has 0 aliphatic heterocycles. The largest absolute Gasteiger partial charge is 0.368 e. The van der Waals surface area contributed by atoms with Crippen molar-refractivity contribution in [3.8, 4) is 22.3 Å². The Balaban J connectivity index is 0.000000416. The number of nitrogens with zero attached hydrogens (tertiary/aromatic N) is 2. The normalized spacial score (nSPS) is 9.52. The summed E-state index contributed by atoms with van der Waals surface area (Å²) in [5.74, 6) is 0.952. The van der Waals surface area contributed by atoms with Gasteiger partial charge in [-0.05, 0) is 71.9 Å². The second-order valence-corrected chi connectivity index (χ2v) is 11.1. The van der Waals surface area contributed by atoms with Gasteiger partial charge >= 0.3 is 0 Å². The average molecular weight is 668 g/mol. The second-order valence-electron chi connectivity index (χ2n) is 11.1. The van der Waals surface area contributed by atoms with Gasteiger partial charge in [0.05, 0.1) is 0 Å². The van der Waals surface area contributed by atoms with Crippen molar-refractivity contribution in [3.63, 3.8) is 0 Å². The molecule has 0 spiro atoms. The summed E-state index contributed by atoms with van der Waals surface area (Å²) in [6.45, 7) is 14.7. The van der Waals surface area contributed by atoms with Crippen molar-refractivity contribution in [2.75, 3.05) is 5.73 Å². The first-order chi connectivity index (χ1) is 24.1. The minimum atomic E-state index is 0. The maximum absolute atomic E-state index is 5.38. The van der Waals surface area contributed by atoms with Crippen molar-refractivity contribution in [1.82, 2.24) is 9.97 Å². The van der Waals surface area contributed by atoms with Crippen LogP contribution in [0.3, 0.4) is 0 Å². The highest BCUT2D eigenvalue weighted by atomic mass is 15.0. The van der Waals surface area contributed by atoms with Crippen molar-refractivity contribution in [3.05, 3.63) is 174 Å². The Morgan fingerprint density at radius 3 is 1.42 bits per heavy atom. The van der Waals surface area contributed by atoms with E-state index in [1.165, 1.54) is 46.2 Å². The highest BCUT2D eigenvalue weighted by Gasteiger charge is 2.12. The summed E-state index contributed by atoms with van der Waals surface area (Å²) in [6.07, 6.45) is 8.03. The lowest BCUT2D eigenvalue weighted by Gasteiger charge is -2.18. The lowest BCUT2D eigenvalue weighted by Crippen LogP contribution is -1.98. The molecule has 2 N–H and O–H groups in total. The molecule has 3 nitrogen and oxygen atoms in total. The van der Waals surface area contributed by atoms with Crippen molar-refractivity contribution in [1.29, 1.82) is 0 Å². The Hall–Kier alpha value is -5.02. The first-order valence-electron chi connectivity index (χ1n) is 17.9. The molecule has 50 heavy (non-hydrogen) atoms. The third-order valence-corrected chi connectivity index (χ3v) is 7.92. The third kappa shape index (κ3) is 15.0. The van der Waals surface area contributed by atoms with Gasteiger partial charge in [0.2, 0.25) is 5.95 Å². The zero-order valence-electron chi connectivity index (χ0n) is 30.8. The predicted octanol–water partition coefficient (Wildman–Crippen LogP) is 13.5. The minimum Gasteiger partial charge on any atom is -0.368 e. The van der Waals surface area contributed by atoms with Crippen LogP contribution in [0.25, 0.3) is 22.3 Å². The number of aryl methyl sites for hydroxylation is 3. The Morgan fingerprint density at radius 1 is 0.500 bits per heavy atom. The van der Waals surface area contributed by atoms with Crippen LogP contribution >= 0.6 is 0 Å². The molecule has 0 bridgehead atoms. The summed E-state index contributed by atoms with van der Waals surface area (Å²) >= 11 is 0. The van der Waals surface area contributed by atoms with Crippen LogP contribution in [0.2, 0.25) is 0 Å². The molecule has 3 heteroatoms. The van der Waals surface area contributed by atoms with Gasteiger partial charge in [0.25, 0.3) is 0 Å². The number of nitrogens with two attached hydrogens (primary N) is 1. The number of hydrogen-bond acceptors (Lipinski definition) is 3. The van der Waals surface area contributed by atoms with Crippen molar-refractivity contribution >= 4 is 5.95 Å². The highest BCUT2D eigenvalue weighted by molar-refractivity contribution is 5.68. The number of anilines is 1. The Bertz CT molecular complexity index is 1640. The van der Waals surface area contributed by atoms with E-state index in [0.717, 1.165) is 24.0 Å². The van der Waals surface area contributed by atoms with Crippen LogP contribution in [0.4, 0.5) is 5.95 Å². The smallest absolute Gasteiger partial charge is 0.219 e. The molecule has 0 saturated carbocycles. The second kappa shape index (κ2) is 25.9. The van der Waals surface area contributed by atoms with E-state index in [4.69, 9.17) is 5.73 Å². The van der Waals surface area contributed by atoms with Crippen LogP contribution in [0, 0.1) is 6.92 Å². The van der Waals surface area contributed by atoms with E-state index in [-0.39, 0.29) is 7.43 Å². The quantitative estimate of drug-likeness (QED) is 0.176. The average Bonchev–Trinajstić information content (AvgIpc) is 3.18. The van der Waals surface area contributed by atoms with Gasteiger partial charge < -0.3 is 5.73 Å². The molecule has 0 aliphatic carbocycles. The molecule has 0 atom stereocenters. The monoisotopic (exact) mass is 667 g/mol. The Labute approximate surface area is 304 Å². The van der Waals surface area contributed by atoms with Gasteiger partial charge in [-0.15, -0.1) is 0 Å². The van der Waals surface area contributed by atoms with Crippen LogP contribution in [0.5, 0.6) is 0 Å². The Kier molecular flexibility index (Phi) is 22.3. The van der Waals surface area contributed by atoms with Gasteiger partial charge in [0.15, 0.2) is 0 Å². The van der Waals surface area contributed by atoms with Gasteiger partial charge in [0, 0.05) is 18.0 Å². The molecule has 0 unspecified atom stereocenters. The van der Waals surface area contributed by atoms with Gasteiger partial charge in [-0.3, -0.25) is 0 Å². The molecule has 264 valence electrons. The summed E-state index contributed by atoms with van der Waals surface area (Å²) in [5, 5.41) is 0. The first kappa shape index (κ1) is 43.0. The van der Waals surface area contributed by atoms with E-state index in [2.05, 4.69) is 122 Å². The molecular formula is C47H61N3. The Morgan fingerprint density at radius 2 is 0.940 bits per heavy atom. The summed E-state index contributed by atoms with van der Waals surface area (Å²) in [7, 11) is 0. The number of nitrogen functional groups attached to an aromatic ring is 1. The lowest BCUT2D eigenvalue weighted by atomic mass is 9.87. The molecule has 1 heterocycles. The molecule has 0 aliphatic rings. The minimum absolute atomic E-state index is 0. The number of aromatic nitrogens is 2. The van der Waals surface area contributed by atoms with Gasteiger partial charge in [-0.1, -0.05) is 194 Å². The predicted molar refractivity (Wildman–Crippen MR) is 222 cm³/mol. The van der Waals surface area contributed by atoms with Crippen LogP contribution in [-0.2, 0) is 12.8 Å². The fraction of sp³-hybridized carbons (Fsp3) is 0.277. The van der Waals surface area contributed by atoms with Gasteiger partial charge in [-0.25, -0.2) is 9.97 Å². The van der Waals surface area contributed by atoms with Crippen LogP contribution in [0.1, 0.15) is 90.0 Å². The summed E-state index contributed by atoms with van der Waals surface area (Å²) in [4.78, 5) is 7.84. The van der Waals surface area contributed by atoms with Crippen molar-refractivity contribution in [2.24, 2.45) is 0 Å². The maximum atomic E-state index is 5.38. The van der Waals surface area contributed by atoms with Crippen LogP contribution < -0.4 is 5.73 Å². The highest BCUT2D eigenvalue weighted by Crippen LogP contribution is 2.33. The van der Waals surface area contributed by atoms with E-state index < -0.39 is 0 Å². The van der Waals surface area contributed by atoms with Crippen molar-refractivity contribution < 1.29 is 0 Å². The molecule has 6 aromatic rings. The maximum Gasteiger partial charge on any atom is 0.219 e. The fourth-order valence-corrected chi connectivity index (χ4v) is 5.28. The molecule has 1 aromatic heterocycles. The molecule has 0 saturated heterocycles. The topological polar surface area (TPSA) is 51.8 Å². The molecule has 0 fully saturated rings. The van der Waals surface area contributed by atoms with Gasteiger partial charge in [-0.2, -0.15) is 0 Å². The van der Waals surface area contributed by atoms with E-state index in [9.17, 15) is 0 Å². The lowest BCUT2D eigenvalue weighted by molar-refractivity contribution is 0.643. The van der Waals surface area contributed by atoms with E-state index in [1.54, 1.807) is 12.4 Å². The number of benzene rings is 5. The molecular weight excluding hydrogens is 607 g/mol. The number of hydrogen-bond donors (Lipinski definition) is 1. The van der Waals surface area contributed by atoms with Crippen molar-refractivity contribution in [2.45, 2.75) is 87.5 Å². The number of rotatable bonds is 8. The summed E-state index contributed by atoms with van der Waals surface area (Å²) in [5.41, 5.74) is 15.8.